The van der Waals surface area contributed by atoms with Crippen LogP contribution in [0.1, 0.15) is 56.2 Å². The molecule has 0 saturated carbocycles. The maximum absolute atomic E-state index is 12.2. The number of furan rings is 1. The molecular weight excluding hydrogens is 300 g/mol. The summed E-state index contributed by atoms with van der Waals surface area (Å²) in [6.45, 7) is 0. The molecule has 1 aliphatic carbocycles. The van der Waals surface area contributed by atoms with E-state index in [9.17, 15) is 9.59 Å². The smallest absolute Gasteiger partial charge is 0.279 e. The SMILES string of the molecule is O=C(NNC(=O)c1cc2c(s1)CCCCCC2)c1ccoc1. The van der Waals surface area contributed by atoms with Crippen LogP contribution >= 0.6 is 11.3 Å². The van der Waals surface area contributed by atoms with Crippen LogP contribution in [0.3, 0.4) is 0 Å². The van der Waals surface area contributed by atoms with E-state index in [0.717, 1.165) is 12.8 Å². The highest BCUT2D eigenvalue weighted by molar-refractivity contribution is 7.14. The predicted octanol–water partition coefficient (Wildman–Crippen LogP) is 3.07. The van der Waals surface area contributed by atoms with Crippen molar-refractivity contribution < 1.29 is 14.0 Å². The fourth-order valence-electron chi connectivity index (χ4n) is 2.60. The van der Waals surface area contributed by atoms with Crippen molar-refractivity contribution in [1.29, 1.82) is 0 Å². The Hall–Kier alpha value is -2.08. The van der Waals surface area contributed by atoms with Crippen LogP contribution in [0.25, 0.3) is 0 Å². The van der Waals surface area contributed by atoms with E-state index >= 15 is 0 Å². The van der Waals surface area contributed by atoms with Crippen LogP contribution in [0.4, 0.5) is 0 Å². The number of amides is 2. The van der Waals surface area contributed by atoms with E-state index in [2.05, 4.69) is 10.9 Å². The summed E-state index contributed by atoms with van der Waals surface area (Å²) in [6.07, 6.45) is 9.73. The average Bonchev–Trinajstić information content (AvgIpc) is 3.14. The summed E-state index contributed by atoms with van der Waals surface area (Å²) >= 11 is 1.53. The zero-order chi connectivity index (χ0) is 15.4. The number of rotatable bonds is 2. The molecule has 0 aromatic carbocycles. The molecule has 22 heavy (non-hydrogen) atoms. The number of fused-ring (bicyclic) bond motifs is 1. The first-order valence-electron chi connectivity index (χ1n) is 7.48. The predicted molar refractivity (Wildman–Crippen MR) is 83.8 cm³/mol. The van der Waals surface area contributed by atoms with E-state index in [1.807, 2.05) is 6.07 Å². The molecule has 0 atom stereocenters. The van der Waals surface area contributed by atoms with Gasteiger partial charge in [-0.25, -0.2) is 0 Å². The van der Waals surface area contributed by atoms with Crippen LogP contribution < -0.4 is 10.9 Å². The fourth-order valence-corrected chi connectivity index (χ4v) is 3.75. The number of hydrogen-bond donors (Lipinski definition) is 2. The Morgan fingerprint density at radius 3 is 2.59 bits per heavy atom. The topological polar surface area (TPSA) is 71.3 Å². The number of thiophene rings is 1. The molecule has 1 aliphatic rings. The third kappa shape index (κ3) is 3.39. The van der Waals surface area contributed by atoms with Crippen molar-refractivity contribution in [3.05, 3.63) is 45.5 Å². The van der Waals surface area contributed by atoms with E-state index in [1.54, 1.807) is 6.07 Å². The minimum Gasteiger partial charge on any atom is -0.472 e. The minimum atomic E-state index is -0.392. The van der Waals surface area contributed by atoms with Crippen molar-refractivity contribution in [2.75, 3.05) is 0 Å². The number of carbonyl (C=O) groups excluding carboxylic acids is 2. The molecule has 6 heteroatoms. The van der Waals surface area contributed by atoms with Crippen LogP contribution in [0, 0.1) is 0 Å². The summed E-state index contributed by atoms with van der Waals surface area (Å²) in [7, 11) is 0. The molecule has 2 heterocycles. The lowest BCUT2D eigenvalue weighted by Gasteiger charge is -2.07. The van der Waals surface area contributed by atoms with Gasteiger partial charge >= 0.3 is 0 Å². The quantitative estimate of drug-likeness (QED) is 0.836. The Labute approximate surface area is 132 Å². The Morgan fingerprint density at radius 2 is 1.82 bits per heavy atom. The van der Waals surface area contributed by atoms with Crippen molar-refractivity contribution in [2.24, 2.45) is 0 Å². The van der Waals surface area contributed by atoms with Crippen molar-refractivity contribution in [2.45, 2.75) is 38.5 Å². The zero-order valence-corrected chi connectivity index (χ0v) is 13.0. The van der Waals surface area contributed by atoms with Gasteiger partial charge in [0.1, 0.15) is 6.26 Å². The van der Waals surface area contributed by atoms with Gasteiger partial charge in [0.25, 0.3) is 11.8 Å². The molecule has 2 aromatic rings. The largest absolute Gasteiger partial charge is 0.472 e. The van der Waals surface area contributed by atoms with Crippen molar-refractivity contribution >= 4 is 23.2 Å². The number of nitrogens with one attached hydrogen (secondary N) is 2. The number of carbonyl (C=O) groups is 2. The van der Waals surface area contributed by atoms with Crippen LogP contribution in [-0.2, 0) is 12.8 Å². The highest BCUT2D eigenvalue weighted by Gasteiger charge is 2.16. The lowest BCUT2D eigenvalue weighted by atomic mass is 10.00. The second kappa shape index (κ2) is 6.79. The second-order valence-corrected chi connectivity index (χ2v) is 6.53. The highest BCUT2D eigenvalue weighted by Crippen LogP contribution is 2.28. The van der Waals surface area contributed by atoms with Crippen LogP contribution in [-0.4, -0.2) is 11.8 Å². The number of aryl methyl sites for hydroxylation is 2. The molecule has 0 unspecified atom stereocenters. The third-order valence-corrected chi connectivity index (χ3v) is 5.03. The van der Waals surface area contributed by atoms with Gasteiger partial charge in [-0.3, -0.25) is 20.4 Å². The van der Waals surface area contributed by atoms with Crippen molar-refractivity contribution in [3.63, 3.8) is 0 Å². The maximum atomic E-state index is 12.2. The van der Waals surface area contributed by atoms with Crippen molar-refractivity contribution in [1.82, 2.24) is 10.9 Å². The fraction of sp³-hybridized carbons (Fsp3) is 0.375. The highest BCUT2D eigenvalue weighted by atomic mass is 32.1. The first-order valence-corrected chi connectivity index (χ1v) is 8.30. The molecule has 5 nitrogen and oxygen atoms in total. The minimum absolute atomic E-state index is 0.270. The molecular formula is C16H18N2O3S. The summed E-state index contributed by atoms with van der Waals surface area (Å²) in [5, 5.41) is 0. The summed E-state index contributed by atoms with van der Waals surface area (Å²) < 4.78 is 4.83. The summed E-state index contributed by atoms with van der Waals surface area (Å²) in [6, 6.07) is 3.50. The van der Waals surface area contributed by atoms with E-state index in [0.29, 0.717) is 10.4 Å². The Kier molecular flexibility index (Phi) is 4.58. The van der Waals surface area contributed by atoms with Gasteiger partial charge in [0.2, 0.25) is 0 Å². The van der Waals surface area contributed by atoms with E-state index in [1.165, 1.54) is 60.0 Å². The first kappa shape index (κ1) is 14.8. The van der Waals surface area contributed by atoms with Gasteiger partial charge in [-0.05, 0) is 43.4 Å². The van der Waals surface area contributed by atoms with Gasteiger partial charge in [0.15, 0.2) is 0 Å². The van der Waals surface area contributed by atoms with Gasteiger partial charge in [-0.1, -0.05) is 12.8 Å². The van der Waals surface area contributed by atoms with Crippen LogP contribution in [0.5, 0.6) is 0 Å². The monoisotopic (exact) mass is 318 g/mol. The molecule has 0 fully saturated rings. The van der Waals surface area contributed by atoms with Gasteiger partial charge in [-0.15, -0.1) is 11.3 Å². The van der Waals surface area contributed by atoms with Gasteiger partial charge in [0, 0.05) is 4.88 Å². The number of hydrogen-bond acceptors (Lipinski definition) is 4. The molecule has 0 radical (unpaired) electrons. The third-order valence-electron chi connectivity index (χ3n) is 3.79. The van der Waals surface area contributed by atoms with Gasteiger partial charge < -0.3 is 4.42 Å². The first-order chi connectivity index (χ1) is 10.7. The standard InChI is InChI=1S/C16H18N2O3S/c19-15(12-7-8-21-10-12)17-18-16(20)14-9-11-5-3-1-2-4-6-13(11)22-14/h7-10H,1-6H2,(H,17,19)(H,18,20). The molecule has 2 amide bonds. The average molecular weight is 318 g/mol. The lowest BCUT2D eigenvalue weighted by molar-refractivity contribution is 0.0848. The summed E-state index contributed by atoms with van der Waals surface area (Å²) in [5.41, 5.74) is 6.52. The summed E-state index contributed by atoms with van der Waals surface area (Å²) in [4.78, 5) is 25.9. The normalized spacial score (nSPS) is 14.5. The second-order valence-electron chi connectivity index (χ2n) is 5.39. The summed E-state index contributed by atoms with van der Waals surface area (Å²) in [5.74, 6) is -0.661. The zero-order valence-electron chi connectivity index (χ0n) is 12.2. The Balaban J connectivity index is 1.62. The molecule has 0 aliphatic heterocycles. The van der Waals surface area contributed by atoms with Gasteiger partial charge in [-0.2, -0.15) is 0 Å². The van der Waals surface area contributed by atoms with Crippen molar-refractivity contribution in [3.8, 4) is 0 Å². The Morgan fingerprint density at radius 1 is 1.05 bits per heavy atom. The van der Waals surface area contributed by atoms with Gasteiger partial charge in [0.05, 0.1) is 16.7 Å². The lowest BCUT2D eigenvalue weighted by Crippen LogP contribution is -2.41. The van der Waals surface area contributed by atoms with E-state index in [4.69, 9.17) is 4.42 Å². The van der Waals surface area contributed by atoms with E-state index < -0.39 is 5.91 Å². The Bertz CT molecular complexity index is 635. The maximum Gasteiger partial charge on any atom is 0.279 e. The van der Waals surface area contributed by atoms with Crippen LogP contribution in [0.2, 0.25) is 0 Å². The molecule has 2 aromatic heterocycles. The molecule has 3 rings (SSSR count). The molecule has 116 valence electrons. The molecule has 0 saturated heterocycles. The molecule has 0 bridgehead atoms. The van der Waals surface area contributed by atoms with Crippen LogP contribution in [0.15, 0.2) is 29.1 Å². The molecule has 2 N–H and O–H groups in total. The molecule has 0 spiro atoms. The number of hydrazine groups is 1. The van der Waals surface area contributed by atoms with E-state index in [-0.39, 0.29) is 5.91 Å².